The second-order valence-electron chi connectivity index (χ2n) is 3.21. The maximum Gasteiger partial charge on any atom is 0.384 e. The summed E-state index contributed by atoms with van der Waals surface area (Å²) in [7, 11) is 0. The Labute approximate surface area is 96.3 Å². The number of hydrogen-bond acceptors (Lipinski definition) is 2. The number of nitrogen functional groups attached to an aromatic ring is 1. The molecular formula is C9H13BF3NO3. The molecule has 6 N–H and O–H groups in total. The number of nitrogens with two attached hydrogens (primary N) is 1. The van der Waals surface area contributed by atoms with Crippen LogP contribution in [0.4, 0.5) is 18.9 Å². The molecule has 17 heavy (non-hydrogen) atoms. The van der Waals surface area contributed by atoms with E-state index in [4.69, 9.17) is 5.73 Å². The van der Waals surface area contributed by atoms with Gasteiger partial charge in [-0.1, -0.05) is 18.2 Å². The average molecular weight is 251 g/mol. The van der Waals surface area contributed by atoms with Gasteiger partial charge in [0.1, 0.15) is 5.68 Å². The predicted molar refractivity (Wildman–Crippen MR) is 60.2 cm³/mol. The Kier molecular flexibility index (Phi) is 6.57. The summed E-state index contributed by atoms with van der Waals surface area (Å²) in [5.74, 6) is 0. The van der Waals surface area contributed by atoms with Crippen LogP contribution in [-0.4, -0.2) is 29.4 Å². The first-order valence-electron chi connectivity index (χ1n) is 4.25. The van der Waals surface area contributed by atoms with Gasteiger partial charge in [-0.25, -0.2) is 0 Å². The van der Waals surface area contributed by atoms with Crippen LogP contribution in [0.5, 0.6) is 0 Å². The summed E-state index contributed by atoms with van der Waals surface area (Å²) in [5, 5.41) is 0. The first kappa shape index (κ1) is 17.8. The Hall–Kier alpha value is -1.54. The van der Waals surface area contributed by atoms with Crippen LogP contribution in [-0.2, 0) is 4.79 Å². The number of alkyl halides is 3. The molecule has 0 aliphatic rings. The van der Waals surface area contributed by atoms with Crippen molar-refractivity contribution in [2.45, 2.75) is 13.0 Å². The Bertz CT molecular complexity index is 384. The fourth-order valence-corrected chi connectivity index (χ4v) is 1.40. The highest BCUT2D eigenvalue weighted by Crippen LogP contribution is 2.21. The summed E-state index contributed by atoms with van der Waals surface area (Å²) in [6.07, 6.45) is -4.60. The summed E-state index contributed by atoms with van der Waals surface area (Å²) >= 11 is 0. The zero-order valence-corrected chi connectivity index (χ0v) is 9.01. The smallest absolute Gasteiger partial charge is 0.384 e. The van der Waals surface area contributed by atoms with Crippen molar-refractivity contribution in [3.05, 3.63) is 24.3 Å². The standard InChI is InChI=1S/C9H9BF3NO.2H2O/c1-6(15)10(9(11,12)13)7-4-2-3-5-8(7)14;;/h2-5H,14H2,1H3;2*1H2. The van der Waals surface area contributed by atoms with Crippen LogP contribution in [0.3, 0.4) is 0 Å². The molecule has 0 aromatic heterocycles. The summed E-state index contributed by atoms with van der Waals surface area (Å²) < 4.78 is 37.7. The lowest BCUT2D eigenvalue weighted by Gasteiger charge is -2.15. The quantitative estimate of drug-likeness (QED) is 0.567. The van der Waals surface area contributed by atoms with E-state index in [-0.39, 0.29) is 22.1 Å². The highest BCUT2D eigenvalue weighted by atomic mass is 19.4. The average Bonchev–Trinajstić information content (AvgIpc) is 2.05. The van der Waals surface area contributed by atoms with Gasteiger partial charge in [0.2, 0.25) is 0 Å². The summed E-state index contributed by atoms with van der Waals surface area (Å²) in [4.78, 5) is 11.0. The number of anilines is 1. The molecule has 1 aromatic carbocycles. The van der Waals surface area contributed by atoms with E-state index >= 15 is 0 Å². The van der Waals surface area contributed by atoms with Crippen molar-refractivity contribution in [1.29, 1.82) is 0 Å². The van der Waals surface area contributed by atoms with E-state index in [1.54, 1.807) is 0 Å². The largest absolute Gasteiger partial charge is 0.412 e. The number of carbonyl (C=O) groups excluding carboxylic acids is 1. The van der Waals surface area contributed by atoms with Crippen LogP contribution in [0.25, 0.3) is 0 Å². The Morgan fingerprint density at radius 3 is 2.06 bits per heavy atom. The van der Waals surface area contributed by atoms with Crippen molar-refractivity contribution in [3.8, 4) is 0 Å². The molecule has 0 spiro atoms. The lowest BCUT2D eigenvalue weighted by atomic mass is 9.41. The zero-order valence-electron chi connectivity index (χ0n) is 9.01. The lowest BCUT2D eigenvalue weighted by molar-refractivity contribution is -0.113. The van der Waals surface area contributed by atoms with E-state index in [2.05, 4.69) is 0 Å². The second kappa shape index (κ2) is 6.26. The van der Waals surface area contributed by atoms with Crippen LogP contribution in [0.1, 0.15) is 6.92 Å². The SMILES string of the molecule is CC(=O)B(c1ccccc1N)C(F)(F)F.O.O. The van der Waals surface area contributed by atoms with Gasteiger partial charge in [0.15, 0.2) is 0 Å². The molecule has 0 aliphatic heterocycles. The van der Waals surface area contributed by atoms with Gasteiger partial charge in [-0.3, -0.25) is 0 Å². The molecule has 0 fully saturated rings. The molecular weight excluding hydrogens is 238 g/mol. The predicted octanol–water partition coefficient (Wildman–Crippen LogP) is -0.449. The molecule has 0 aliphatic carbocycles. The number of halogens is 3. The van der Waals surface area contributed by atoms with Gasteiger partial charge in [0, 0.05) is 5.69 Å². The van der Waals surface area contributed by atoms with Crippen LogP contribution >= 0.6 is 0 Å². The lowest BCUT2D eigenvalue weighted by Crippen LogP contribution is -2.51. The normalized spacial score (nSPS) is 9.88. The van der Waals surface area contributed by atoms with Gasteiger partial charge in [-0.05, 0) is 18.5 Å². The molecule has 0 saturated heterocycles. The third kappa shape index (κ3) is 4.08. The van der Waals surface area contributed by atoms with E-state index < -0.39 is 18.5 Å². The highest BCUT2D eigenvalue weighted by Gasteiger charge is 2.49. The van der Waals surface area contributed by atoms with Gasteiger partial charge in [-0.2, -0.15) is 13.2 Å². The third-order valence-electron chi connectivity index (χ3n) is 2.04. The van der Waals surface area contributed by atoms with Gasteiger partial charge < -0.3 is 21.5 Å². The zero-order chi connectivity index (χ0) is 11.6. The molecule has 0 saturated carbocycles. The topological polar surface area (TPSA) is 106 Å². The number of para-hydroxylation sites is 1. The minimum absolute atomic E-state index is 0. The second-order valence-corrected chi connectivity index (χ2v) is 3.21. The van der Waals surface area contributed by atoms with Gasteiger partial charge in [0.25, 0.3) is 0 Å². The van der Waals surface area contributed by atoms with E-state index in [1.165, 1.54) is 24.3 Å². The van der Waals surface area contributed by atoms with E-state index in [1.807, 2.05) is 0 Å². The fraction of sp³-hybridized carbons (Fsp3) is 0.222. The number of benzene rings is 1. The summed E-state index contributed by atoms with van der Waals surface area (Å²) in [6, 6.07) is 5.51. The van der Waals surface area contributed by atoms with Gasteiger partial charge in [-0.15, -0.1) is 0 Å². The monoisotopic (exact) mass is 251 g/mol. The van der Waals surface area contributed by atoms with Crippen LogP contribution in [0.15, 0.2) is 24.3 Å². The van der Waals surface area contributed by atoms with Crippen LogP contribution < -0.4 is 11.2 Å². The van der Waals surface area contributed by atoms with Crippen molar-refractivity contribution in [1.82, 2.24) is 0 Å². The first-order valence-corrected chi connectivity index (χ1v) is 4.25. The minimum Gasteiger partial charge on any atom is -0.412 e. The number of carbonyl (C=O) groups is 1. The summed E-state index contributed by atoms with van der Waals surface area (Å²) in [6.45, 7) is -1.22. The van der Waals surface area contributed by atoms with Crippen molar-refractivity contribution in [3.63, 3.8) is 0 Å². The van der Waals surface area contributed by atoms with Crippen molar-refractivity contribution in [2.75, 3.05) is 5.73 Å². The third-order valence-corrected chi connectivity index (χ3v) is 2.04. The van der Waals surface area contributed by atoms with Gasteiger partial charge >= 0.3 is 12.8 Å². The van der Waals surface area contributed by atoms with Gasteiger partial charge in [0.05, 0.1) is 0 Å². The van der Waals surface area contributed by atoms with E-state index in [0.29, 0.717) is 0 Å². The number of rotatable bonds is 2. The molecule has 0 amide bonds. The first-order chi connectivity index (χ1) is 6.84. The molecule has 1 rings (SSSR count). The molecule has 0 radical (unpaired) electrons. The van der Waals surface area contributed by atoms with Crippen molar-refractivity contribution >= 4 is 23.5 Å². The highest BCUT2D eigenvalue weighted by molar-refractivity contribution is 7.01. The molecule has 0 bridgehead atoms. The van der Waals surface area contributed by atoms with Crippen LogP contribution in [0, 0.1) is 0 Å². The molecule has 4 nitrogen and oxygen atoms in total. The molecule has 0 heterocycles. The summed E-state index contributed by atoms with van der Waals surface area (Å²) in [5.41, 5.74) is 4.24. The number of hydrogen-bond donors (Lipinski definition) is 1. The molecule has 1 aromatic rings. The molecule has 8 heteroatoms. The van der Waals surface area contributed by atoms with E-state index in [9.17, 15) is 18.0 Å². The minimum atomic E-state index is -4.60. The van der Waals surface area contributed by atoms with Crippen LogP contribution in [0.2, 0.25) is 0 Å². The van der Waals surface area contributed by atoms with Crippen molar-refractivity contribution in [2.24, 2.45) is 0 Å². The molecule has 96 valence electrons. The maximum atomic E-state index is 12.6. The van der Waals surface area contributed by atoms with E-state index in [0.717, 1.165) is 6.92 Å². The van der Waals surface area contributed by atoms with Crippen molar-refractivity contribution < 1.29 is 28.9 Å². The molecule has 0 unspecified atom stereocenters. The maximum absolute atomic E-state index is 12.6. The Morgan fingerprint density at radius 2 is 1.71 bits per heavy atom. The molecule has 0 atom stereocenters. The Balaban J connectivity index is 0. The Morgan fingerprint density at radius 1 is 1.24 bits per heavy atom. The fourth-order valence-electron chi connectivity index (χ4n) is 1.40.